The number of hydrogen-bond acceptors (Lipinski definition) is 5. The standard InChI is InChI=1S/C15H21ClN4O3/c16-12-10-11(2-3-13(12)17)19-15(22)14(21)18-4-1-5-20-6-8-23-9-7-20/h2-3,10H,1,4-9,17H2,(H,18,21)(H,19,22). The first-order valence-electron chi connectivity index (χ1n) is 7.50. The summed E-state index contributed by atoms with van der Waals surface area (Å²) in [6, 6.07) is 4.66. The van der Waals surface area contributed by atoms with Crippen LogP contribution in [0.25, 0.3) is 0 Å². The molecule has 4 N–H and O–H groups in total. The number of nitrogens with two attached hydrogens (primary N) is 1. The summed E-state index contributed by atoms with van der Waals surface area (Å²) in [6.07, 6.45) is 0.784. The number of carbonyl (C=O) groups is 2. The van der Waals surface area contributed by atoms with Crippen LogP contribution in [0.1, 0.15) is 6.42 Å². The van der Waals surface area contributed by atoms with Crippen molar-refractivity contribution in [2.45, 2.75) is 6.42 Å². The molecule has 1 aliphatic rings. The molecule has 1 aromatic rings. The predicted octanol–water partition coefficient (Wildman–Crippen LogP) is 0.699. The Labute approximate surface area is 140 Å². The summed E-state index contributed by atoms with van der Waals surface area (Å²) in [7, 11) is 0. The SMILES string of the molecule is Nc1ccc(NC(=O)C(=O)NCCCN2CCOCC2)cc1Cl. The van der Waals surface area contributed by atoms with Gasteiger partial charge in [-0.15, -0.1) is 0 Å². The second-order valence-electron chi connectivity index (χ2n) is 5.25. The average molecular weight is 341 g/mol. The number of benzene rings is 1. The van der Waals surface area contributed by atoms with E-state index in [9.17, 15) is 9.59 Å². The zero-order valence-corrected chi connectivity index (χ0v) is 13.6. The molecule has 0 saturated carbocycles. The fraction of sp³-hybridized carbons (Fsp3) is 0.467. The van der Waals surface area contributed by atoms with Gasteiger partial charge in [-0.2, -0.15) is 0 Å². The molecule has 0 spiro atoms. The fourth-order valence-electron chi connectivity index (χ4n) is 2.20. The Hall–Kier alpha value is -1.83. The lowest BCUT2D eigenvalue weighted by molar-refractivity contribution is -0.136. The molecule has 1 aromatic carbocycles. The van der Waals surface area contributed by atoms with Crippen LogP contribution in [-0.4, -0.2) is 56.1 Å². The van der Waals surface area contributed by atoms with Gasteiger partial charge in [-0.3, -0.25) is 14.5 Å². The number of nitrogen functional groups attached to an aromatic ring is 1. The van der Waals surface area contributed by atoms with Crippen molar-refractivity contribution >= 4 is 34.8 Å². The molecule has 1 fully saturated rings. The van der Waals surface area contributed by atoms with Crippen molar-refractivity contribution in [2.75, 3.05) is 50.4 Å². The Kier molecular flexibility index (Phi) is 6.64. The Bertz CT molecular complexity index is 562. The van der Waals surface area contributed by atoms with E-state index in [-0.39, 0.29) is 0 Å². The Balaban J connectivity index is 1.68. The lowest BCUT2D eigenvalue weighted by Crippen LogP contribution is -2.39. The van der Waals surface area contributed by atoms with Crippen LogP contribution >= 0.6 is 11.6 Å². The van der Waals surface area contributed by atoms with Crippen LogP contribution in [0.15, 0.2) is 18.2 Å². The lowest BCUT2D eigenvalue weighted by atomic mass is 10.3. The highest BCUT2D eigenvalue weighted by Crippen LogP contribution is 2.22. The number of nitrogens with one attached hydrogen (secondary N) is 2. The maximum Gasteiger partial charge on any atom is 0.313 e. The van der Waals surface area contributed by atoms with Gasteiger partial charge in [-0.05, 0) is 31.2 Å². The van der Waals surface area contributed by atoms with E-state index in [1.807, 2.05) is 0 Å². The molecular weight excluding hydrogens is 320 g/mol. The first-order valence-corrected chi connectivity index (χ1v) is 7.88. The first kappa shape index (κ1) is 17.5. The van der Waals surface area contributed by atoms with Crippen LogP contribution in [0.3, 0.4) is 0 Å². The smallest absolute Gasteiger partial charge is 0.313 e. The number of morpholine rings is 1. The number of hydrogen-bond donors (Lipinski definition) is 3. The van der Waals surface area contributed by atoms with Gasteiger partial charge < -0.3 is 21.1 Å². The number of ether oxygens (including phenoxy) is 1. The molecule has 0 aromatic heterocycles. The molecule has 126 valence electrons. The van der Waals surface area contributed by atoms with E-state index in [4.69, 9.17) is 22.1 Å². The summed E-state index contributed by atoms with van der Waals surface area (Å²) in [5.74, 6) is -1.39. The molecule has 23 heavy (non-hydrogen) atoms. The highest BCUT2D eigenvalue weighted by atomic mass is 35.5. The summed E-state index contributed by atoms with van der Waals surface area (Å²) in [4.78, 5) is 25.8. The van der Waals surface area contributed by atoms with Crippen LogP contribution in [0.5, 0.6) is 0 Å². The van der Waals surface area contributed by atoms with Gasteiger partial charge in [-0.25, -0.2) is 0 Å². The molecule has 0 unspecified atom stereocenters. The number of carbonyl (C=O) groups excluding carboxylic acids is 2. The van der Waals surface area contributed by atoms with Crippen molar-refractivity contribution in [3.8, 4) is 0 Å². The molecule has 2 rings (SSSR count). The minimum Gasteiger partial charge on any atom is -0.398 e. The lowest BCUT2D eigenvalue weighted by Gasteiger charge is -2.26. The van der Waals surface area contributed by atoms with Crippen LogP contribution in [0, 0.1) is 0 Å². The van der Waals surface area contributed by atoms with Crippen molar-refractivity contribution in [1.82, 2.24) is 10.2 Å². The van der Waals surface area contributed by atoms with Crippen LogP contribution in [0.2, 0.25) is 5.02 Å². The van der Waals surface area contributed by atoms with Crippen molar-refractivity contribution in [3.05, 3.63) is 23.2 Å². The largest absolute Gasteiger partial charge is 0.398 e. The van der Waals surface area contributed by atoms with Crippen molar-refractivity contribution in [2.24, 2.45) is 0 Å². The van der Waals surface area contributed by atoms with Crippen LogP contribution in [-0.2, 0) is 14.3 Å². The van der Waals surface area contributed by atoms with Gasteiger partial charge in [0.15, 0.2) is 0 Å². The molecule has 1 aliphatic heterocycles. The minimum absolute atomic E-state index is 0.328. The molecule has 0 aliphatic carbocycles. The zero-order chi connectivity index (χ0) is 16.7. The average Bonchev–Trinajstić information content (AvgIpc) is 2.55. The van der Waals surface area contributed by atoms with Gasteiger partial charge in [0, 0.05) is 25.3 Å². The number of nitrogens with zero attached hydrogens (tertiary/aromatic N) is 1. The number of amides is 2. The normalized spacial score (nSPS) is 15.2. The van der Waals surface area contributed by atoms with E-state index >= 15 is 0 Å². The van der Waals surface area contributed by atoms with Gasteiger partial charge in [0.1, 0.15) is 0 Å². The van der Waals surface area contributed by atoms with E-state index in [0.717, 1.165) is 39.3 Å². The van der Waals surface area contributed by atoms with E-state index in [1.54, 1.807) is 12.1 Å². The second kappa shape index (κ2) is 8.71. The maximum absolute atomic E-state index is 11.8. The second-order valence-corrected chi connectivity index (χ2v) is 5.66. The number of rotatable bonds is 5. The predicted molar refractivity (Wildman–Crippen MR) is 89.4 cm³/mol. The third-order valence-electron chi connectivity index (χ3n) is 3.50. The topological polar surface area (TPSA) is 96.7 Å². The van der Waals surface area contributed by atoms with Crippen LogP contribution < -0.4 is 16.4 Å². The summed E-state index contributed by atoms with van der Waals surface area (Å²) in [5, 5.41) is 5.41. The van der Waals surface area contributed by atoms with E-state index in [0.29, 0.717) is 22.9 Å². The van der Waals surface area contributed by atoms with Gasteiger partial charge in [0.25, 0.3) is 0 Å². The summed E-state index contributed by atoms with van der Waals surface area (Å²) in [6.45, 7) is 4.64. The molecule has 1 saturated heterocycles. The molecule has 0 atom stereocenters. The summed E-state index contributed by atoms with van der Waals surface area (Å²) in [5.41, 5.74) is 6.43. The summed E-state index contributed by atoms with van der Waals surface area (Å²) < 4.78 is 5.27. The highest BCUT2D eigenvalue weighted by Gasteiger charge is 2.14. The van der Waals surface area contributed by atoms with Gasteiger partial charge >= 0.3 is 11.8 Å². The van der Waals surface area contributed by atoms with Gasteiger partial charge in [0.05, 0.1) is 23.9 Å². The van der Waals surface area contributed by atoms with Crippen molar-refractivity contribution in [1.29, 1.82) is 0 Å². The Morgan fingerprint density at radius 1 is 1.26 bits per heavy atom. The Morgan fingerprint density at radius 3 is 2.70 bits per heavy atom. The minimum atomic E-state index is -0.725. The van der Waals surface area contributed by atoms with Gasteiger partial charge in [0.2, 0.25) is 0 Å². The molecule has 8 heteroatoms. The van der Waals surface area contributed by atoms with Crippen LogP contribution in [0.4, 0.5) is 11.4 Å². The molecule has 1 heterocycles. The zero-order valence-electron chi connectivity index (χ0n) is 12.8. The van der Waals surface area contributed by atoms with Crippen molar-refractivity contribution in [3.63, 3.8) is 0 Å². The Morgan fingerprint density at radius 2 is 2.00 bits per heavy atom. The summed E-state index contributed by atoms with van der Waals surface area (Å²) >= 11 is 5.86. The van der Waals surface area contributed by atoms with E-state index < -0.39 is 11.8 Å². The molecular formula is C15H21ClN4O3. The molecule has 0 radical (unpaired) electrons. The van der Waals surface area contributed by atoms with E-state index in [2.05, 4.69) is 15.5 Å². The van der Waals surface area contributed by atoms with Crippen molar-refractivity contribution < 1.29 is 14.3 Å². The highest BCUT2D eigenvalue weighted by molar-refractivity contribution is 6.40. The third-order valence-corrected chi connectivity index (χ3v) is 3.83. The first-order chi connectivity index (χ1) is 11.1. The quantitative estimate of drug-likeness (QED) is 0.416. The fourth-order valence-corrected chi connectivity index (χ4v) is 2.38. The van der Waals surface area contributed by atoms with Gasteiger partial charge in [-0.1, -0.05) is 11.6 Å². The monoisotopic (exact) mass is 340 g/mol. The number of halogens is 1. The molecule has 7 nitrogen and oxygen atoms in total. The molecule has 2 amide bonds. The third kappa shape index (κ3) is 5.70. The molecule has 0 bridgehead atoms. The van der Waals surface area contributed by atoms with E-state index in [1.165, 1.54) is 6.07 Å². The number of anilines is 2. The maximum atomic E-state index is 11.8.